The molecule has 1 aromatic rings. The Morgan fingerprint density at radius 1 is 1.28 bits per heavy atom. The molecule has 8 heteroatoms. The number of benzene rings is 1. The predicted molar refractivity (Wildman–Crippen MR) is 90.5 cm³/mol. The Morgan fingerprint density at radius 3 is 2.52 bits per heavy atom. The highest BCUT2D eigenvalue weighted by atomic mass is 32.2. The van der Waals surface area contributed by atoms with Gasteiger partial charge in [0.15, 0.2) is 16.6 Å². The van der Waals surface area contributed by atoms with Crippen molar-refractivity contribution in [3.05, 3.63) is 23.3 Å². The molecule has 2 aliphatic heterocycles. The molecule has 1 amide bonds. The van der Waals surface area contributed by atoms with E-state index in [4.69, 9.17) is 9.47 Å². The maximum Gasteiger partial charge on any atom is 0.326 e. The summed E-state index contributed by atoms with van der Waals surface area (Å²) in [6.07, 6.45) is 0.222. The van der Waals surface area contributed by atoms with Crippen molar-refractivity contribution in [3.8, 4) is 11.5 Å². The summed E-state index contributed by atoms with van der Waals surface area (Å²) in [5, 5.41) is 9.50. The van der Waals surface area contributed by atoms with Gasteiger partial charge in [-0.05, 0) is 23.3 Å². The Kier molecular flexibility index (Phi) is 4.89. The van der Waals surface area contributed by atoms with Crippen LogP contribution in [0.25, 0.3) is 0 Å². The minimum atomic E-state index is -1.04. The molecule has 1 unspecified atom stereocenters. The summed E-state index contributed by atoms with van der Waals surface area (Å²) >= 11 is 1.07. The molecule has 2 heterocycles. The summed E-state index contributed by atoms with van der Waals surface area (Å²) in [5.74, 6) is -0.182. The van der Waals surface area contributed by atoms with Crippen LogP contribution >= 0.6 is 11.8 Å². The fourth-order valence-electron chi connectivity index (χ4n) is 3.02. The average Bonchev–Trinajstić information content (AvgIpc) is 3.02. The van der Waals surface area contributed by atoms with Crippen LogP contribution in [-0.4, -0.2) is 45.6 Å². The highest BCUT2D eigenvalue weighted by Gasteiger charge is 2.37. The molecule has 1 aromatic carbocycles. The number of carboxylic acids is 1. The number of aliphatic carboxylic acids is 1. The minimum absolute atomic E-state index is 0.0638. The summed E-state index contributed by atoms with van der Waals surface area (Å²) in [6.45, 7) is 3.51. The van der Waals surface area contributed by atoms with Gasteiger partial charge in [-0.15, -0.1) is 0 Å². The van der Waals surface area contributed by atoms with E-state index in [0.717, 1.165) is 22.9 Å². The van der Waals surface area contributed by atoms with Crippen LogP contribution in [0.4, 0.5) is 0 Å². The number of carboxylic acid groups (broad SMARTS) is 1. The van der Waals surface area contributed by atoms with E-state index < -0.39 is 17.9 Å². The smallest absolute Gasteiger partial charge is 0.326 e. The Labute approximate surface area is 149 Å². The zero-order valence-corrected chi connectivity index (χ0v) is 14.8. The van der Waals surface area contributed by atoms with Crippen LogP contribution in [0.1, 0.15) is 25.0 Å². The lowest BCUT2D eigenvalue weighted by atomic mass is 9.92. The first-order valence-electron chi connectivity index (χ1n) is 7.95. The van der Waals surface area contributed by atoms with Crippen LogP contribution in [0.5, 0.6) is 11.5 Å². The number of amides is 1. The van der Waals surface area contributed by atoms with E-state index in [1.54, 1.807) is 13.0 Å². The SMILES string of the molecule is CC(=O)SCC(C)C(=O)N1Cc2cc3c(cc2C[C@H]1C(=O)O)OCO3. The molecule has 0 bridgehead atoms. The zero-order chi connectivity index (χ0) is 18.1. The van der Waals surface area contributed by atoms with E-state index in [1.807, 2.05) is 6.07 Å². The maximum absolute atomic E-state index is 12.8. The molecule has 0 radical (unpaired) electrons. The van der Waals surface area contributed by atoms with Crippen molar-refractivity contribution in [1.82, 2.24) is 4.90 Å². The van der Waals surface area contributed by atoms with Gasteiger partial charge < -0.3 is 19.5 Å². The fraction of sp³-hybridized carbons (Fsp3) is 0.471. The summed E-state index contributed by atoms with van der Waals surface area (Å²) in [5.41, 5.74) is 1.72. The minimum Gasteiger partial charge on any atom is -0.480 e. The molecule has 0 saturated heterocycles. The molecule has 0 aromatic heterocycles. The van der Waals surface area contributed by atoms with Crippen molar-refractivity contribution in [2.45, 2.75) is 32.9 Å². The second-order valence-electron chi connectivity index (χ2n) is 6.20. The van der Waals surface area contributed by atoms with E-state index in [2.05, 4.69) is 0 Å². The van der Waals surface area contributed by atoms with Gasteiger partial charge >= 0.3 is 5.97 Å². The second kappa shape index (κ2) is 6.95. The van der Waals surface area contributed by atoms with E-state index in [9.17, 15) is 19.5 Å². The highest BCUT2D eigenvalue weighted by Crippen LogP contribution is 2.38. The largest absolute Gasteiger partial charge is 0.480 e. The molecular formula is C17H19NO6S. The van der Waals surface area contributed by atoms with Gasteiger partial charge in [-0.25, -0.2) is 4.79 Å². The molecule has 1 N–H and O–H groups in total. The lowest BCUT2D eigenvalue weighted by Crippen LogP contribution is -2.50. The Balaban J connectivity index is 1.84. The third-order valence-electron chi connectivity index (χ3n) is 4.35. The number of ether oxygens (including phenoxy) is 2. The van der Waals surface area contributed by atoms with Crippen LogP contribution in [0.15, 0.2) is 12.1 Å². The van der Waals surface area contributed by atoms with Crippen LogP contribution < -0.4 is 9.47 Å². The summed E-state index contributed by atoms with van der Waals surface area (Å²) in [7, 11) is 0. The molecule has 0 fully saturated rings. The molecular weight excluding hydrogens is 346 g/mol. The maximum atomic E-state index is 12.8. The topological polar surface area (TPSA) is 93.1 Å². The van der Waals surface area contributed by atoms with Crippen molar-refractivity contribution in [2.24, 2.45) is 5.92 Å². The quantitative estimate of drug-likeness (QED) is 0.867. The second-order valence-corrected chi connectivity index (χ2v) is 7.40. The van der Waals surface area contributed by atoms with Crippen LogP contribution in [0, 0.1) is 5.92 Å². The van der Waals surface area contributed by atoms with Gasteiger partial charge in [-0.1, -0.05) is 18.7 Å². The Morgan fingerprint density at radius 2 is 1.92 bits per heavy atom. The molecule has 0 saturated carbocycles. The normalized spacial score (nSPS) is 19.3. The number of carbonyl (C=O) groups is 3. The van der Waals surface area contributed by atoms with E-state index in [0.29, 0.717) is 17.3 Å². The molecule has 2 atom stereocenters. The molecule has 0 spiro atoms. The first-order chi connectivity index (χ1) is 11.9. The van der Waals surface area contributed by atoms with Crippen molar-refractivity contribution < 1.29 is 29.0 Å². The van der Waals surface area contributed by atoms with Gasteiger partial charge in [0.2, 0.25) is 12.7 Å². The van der Waals surface area contributed by atoms with Gasteiger partial charge in [-0.2, -0.15) is 0 Å². The first-order valence-corrected chi connectivity index (χ1v) is 8.93. The number of thioether (sulfide) groups is 1. The van der Waals surface area contributed by atoms with Crippen LogP contribution in [0.3, 0.4) is 0 Å². The average molecular weight is 365 g/mol. The Hall–Kier alpha value is -2.22. The highest BCUT2D eigenvalue weighted by molar-refractivity contribution is 8.13. The molecule has 134 valence electrons. The number of nitrogens with zero attached hydrogens (tertiary/aromatic N) is 1. The van der Waals surface area contributed by atoms with Crippen LogP contribution in [0.2, 0.25) is 0 Å². The number of hydrogen-bond acceptors (Lipinski definition) is 6. The van der Waals surface area contributed by atoms with Crippen molar-refractivity contribution >= 4 is 28.8 Å². The fourth-order valence-corrected chi connectivity index (χ4v) is 3.65. The van der Waals surface area contributed by atoms with Crippen molar-refractivity contribution in [2.75, 3.05) is 12.5 Å². The number of hydrogen-bond donors (Lipinski definition) is 1. The van der Waals surface area contributed by atoms with Crippen molar-refractivity contribution in [1.29, 1.82) is 0 Å². The standard InChI is InChI=1S/C17H19NO6S/c1-9(7-25-10(2)19)16(20)18-6-12-5-15-14(23-8-24-15)4-11(12)3-13(18)17(21)22/h4-5,9,13H,3,6-8H2,1-2H3,(H,21,22)/t9?,13-/m0/s1. The summed E-state index contributed by atoms with van der Waals surface area (Å²) in [6, 6.07) is 2.68. The number of carbonyl (C=O) groups excluding carboxylic acids is 2. The number of fused-ring (bicyclic) bond motifs is 2. The van der Waals surface area contributed by atoms with E-state index >= 15 is 0 Å². The van der Waals surface area contributed by atoms with Gasteiger partial charge in [-0.3, -0.25) is 9.59 Å². The molecule has 3 rings (SSSR count). The lowest BCUT2D eigenvalue weighted by molar-refractivity contribution is -0.152. The molecule has 7 nitrogen and oxygen atoms in total. The van der Waals surface area contributed by atoms with E-state index in [1.165, 1.54) is 11.8 Å². The molecule has 2 aliphatic rings. The molecule has 25 heavy (non-hydrogen) atoms. The first kappa shape index (κ1) is 17.6. The van der Waals surface area contributed by atoms with E-state index in [-0.39, 0.29) is 30.8 Å². The third-order valence-corrected chi connectivity index (χ3v) is 5.42. The van der Waals surface area contributed by atoms with Crippen molar-refractivity contribution in [3.63, 3.8) is 0 Å². The van der Waals surface area contributed by atoms with Crippen LogP contribution in [-0.2, 0) is 27.3 Å². The third kappa shape index (κ3) is 3.58. The Bertz CT molecular complexity index is 734. The van der Waals surface area contributed by atoms with Gasteiger partial charge in [0, 0.05) is 31.6 Å². The molecule has 0 aliphatic carbocycles. The monoisotopic (exact) mass is 365 g/mol. The van der Waals surface area contributed by atoms with Gasteiger partial charge in [0.1, 0.15) is 6.04 Å². The van der Waals surface area contributed by atoms with Gasteiger partial charge in [0.05, 0.1) is 0 Å². The predicted octanol–water partition coefficient (Wildman–Crippen LogP) is 1.67. The summed E-state index contributed by atoms with van der Waals surface area (Å²) in [4.78, 5) is 36.9. The number of rotatable bonds is 4. The zero-order valence-electron chi connectivity index (χ0n) is 14.0. The van der Waals surface area contributed by atoms with Gasteiger partial charge in [0.25, 0.3) is 0 Å². The lowest BCUT2D eigenvalue weighted by Gasteiger charge is -2.36. The summed E-state index contributed by atoms with van der Waals surface area (Å²) < 4.78 is 10.7.